The normalized spacial score (nSPS) is 11.6. The van der Waals surface area contributed by atoms with Gasteiger partial charge in [0.05, 0.1) is 9.40 Å². The minimum absolute atomic E-state index is 0.951. The van der Waals surface area contributed by atoms with Crippen LogP contribution in [0.2, 0.25) is 0 Å². The lowest BCUT2D eigenvalue weighted by molar-refractivity contribution is 1.11. The number of aromatic nitrogens is 4. The second-order valence-electron chi connectivity index (χ2n) is 3.57. The maximum absolute atomic E-state index is 4.25. The van der Waals surface area contributed by atoms with E-state index in [4.69, 9.17) is 0 Å². The van der Waals surface area contributed by atoms with Crippen LogP contribution < -0.4 is 0 Å². The van der Waals surface area contributed by atoms with Crippen LogP contribution in [-0.4, -0.2) is 19.2 Å². The van der Waals surface area contributed by atoms with Gasteiger partial charge in [-0.25, -0.2) is 0 Å². The number of nitrogens with zero attached hydrogens (tertiary/aromatic N) is 4. The zero-order valence-corrected chi connectivity index (χ0v) is 10.7. The molecule has 0 aliphatic rings. The van der Waals surface area contributed by atoms with E-state index in [1.54, 1.807) is 0 Å². The molecular formula is C10H10N4S2. The first kappa shape index (κ1) is 10.0. The highest BCUT2D eigenvalue weighted by Crippen LogP contribution is 2.34. The maximum Gasteiger partial charge on any atom is 0.111 e. The van der Waals surface area contributed by atoms with Crippen molar-refractivity contribution in [3.63, 3.8) is 0 Å². The van der Waals surface area contributed by atoms with Gasteiger partial charge in [0.15, 0.2) is 0 Å². The van der Waals surface area contributed by atoms with Crippen LogP contribution in [0.4, 0.5) is 0 Å². The molecule has 0 N–H and O–H groups in total. The molecule has 3 rings (SSSR count). The largest absolute Gasteiger partial charge is 0.138 e. The lowest BCUT2D eigenvalue weighted by atomic mass is 10.0. The summed E-state index contributed by atoms with van der Waals surface area (Å²) in [6, 6.07) is 0. The Morgan fingerprint density at radius 3 is 1.62 bits per heavy atom. The number of aryl methyl sites for hydroxylation is 2. The first-order chi connectivity index (χ1) is 7.86. The molecule has 16 heavy (non-hydrogen) atoms. The third-order valence-corrected chi connectivity index (χ3v) is 4.37. The highest BCUT2D eigenvalue weighted by Gasteiger charge is 2.17. The van der Waals surface area contributed by atoms with Crippen molar-refractivity contribution in [2.24, 2.45) is 0 Å². The standard InChI is InChI=1S/C10H10N4S2/c1-3-5-7-10(16-13-11-7)6(4-2)8-9(5)15-14-12-8/h3-4H2,1-2H3. The van der Waals surface area contributed by atoms with Crippen LogP contribution in [0.15, 0.2) is 0 Å². The Balaban J connectivity index is 2.59. The van der Waals surface area contributed by atoms with E-state index in [9.17, 15) is 0 Å². The van der Waals surface area contributed by atoms with Crippen molar-refractivity contribution >= 4 is 43.5 Å². The smallest absolute Gasteiger partial charge is 0.111 e. The molecule has 0 saturated carbocycles. The van der Waals surface area contributed by atoms with Gasteiger partial charge in [-0.15, -0.1) is 10.2 Å². The molecule has 3 aromatic rings. The molecule has 2 heterocycles. The molecule has 82 valence electrons. The molecule has 0 spiro atoms. The lowest BCUT2D eigenvalue weighted by Gasteiger charge is -2.03. The summed E-state index contributed by atoms with van der Waals surface area (Å²) in [5.41, 5.74) is 4.57. The summed E-state index contributed by atoms with van der Waals surface area (Å²) in [7, 11) is 0. The number of hydrogen-bond donors (Lipinski definition) is 0. The van der Waals surface area contributed by atoms with Crippen LogP contribution in [0.3, 0.4) is 0 Å². The van der Waals surface area contributed by atoms with Gasteiger partial charge in [0, 0.05) is 11.1 Å². The fourth-order valence-corrected chi connectivity index (χ4v) is 3.65. The molecule has 0 atom stereocenters. The van der Waals surface area contributed by atoms with Crippen molar-refractivity contribution in [2.45, 2.75) is 26.7 Å². The van der Waals surface area contributed by atoms with Crippen molar-refractivity contribution < 1.29 is 0 Å². The van der Waals surface area contributed by atoms with Crippen LogP contribution in [0.25, 0.3) is 20.4 Å². The zero-order valence-electron chi connectivity index (χ0n) is 9.02. The molecule has 0 amide bonds. The van der Waals surface area contributed by atoms with E-state index < -0.39 is 0 Å². The highest BCUT2D eigenvalue weighted by molar-refractivity contribution is 7.15. The minimum Gasteiger partial charge on any atom is -0.138 e. The summed E-state index contributed by atoms with van der Waals surface area (Å²) in [4.78, 5) is 0. The molecule has 1 aromatic carbocycles. The molecule has 0 bridgehead atoms. The van der Waals surface area contributed by atoms with Crippen LogP contribution in [0.5, 0.6) is 0 Å². The van der Waals surface area contributed by atoms with Crippen molar-refractivity contribution in [2.75, 3.05) is 0 Å². The fraction of sp³-hybridized carbons (Fsp3) is 0.400. The molecule has 4 nitrogen and oxygen atoms in total. The zero-order chi connectivity index (χ0) is 11.1. The third kappa shape index (κ3) is 1.20. The van der Waals surface area contributed by atoms with E-state index in [1.165, 1.54) is 43.6 Å². The Morgan fingerprint density at radius 2 is 1.25 bits per heavy atom. The number of benzene rings is 1. The molecule has 0 fully saturated rings. The van der Waals surface area contributed by atoms with Crippen LogP contribution in [-0.2, 0) is 12.8 Å². The quantitative estimate of drug-likeness (QED) is 0.701. The van der Waals surface area contributed by atoms with Crippen molar-refractivity contribution in [1.29, 1.82) is 0 Å². The lowest BCUT2D eigenvalue weighted by Crippen LogP contribution is -1.90. The van der Waals surface area contributed by atoms with Gasteiger partial charge in [-0.05, 0) is 35.9 Å². The van der Waals surface area contributed by atoms with Crippen LogP contribution >= 0.6 is 23.1 Å². The van der Waals surface area contributed by atoms with Gasteiger partial charge in [0.1, 0.15) is 11.0 Å². The Bertz CT molecular complexity index is 550. The van der Waals surface area contributed by atoms with Gasteiger partial charge in [-0.2, -0.15) is 0 Å². The monoisotopic (exact) mass is 250 g/mol. The number of hydrogen-bond acceptors (Lipinski definition) is 6. The molecule has 0 saturated heterocycles. The second kappa shape index (κ2) is 3.71. The SMILES string of the molecule is CCc1c2nnsc2c(CC)c2nnsc12. The van der Waals surface area contributed by atoms with E-state index in [1.807, 2.05) is 0 Å². The van der Waals surface area contributed by atoms with Crippen molar-refractivity contribution in [1.82, 2.24) is 19.2 Å². The second-order valence-corrected chi connectivity index (χ2v) is 5.07. The first-order valence-electron chi connectivity index (χ1n) is 5.24. The van der Waals surface area contributed by atoms with Gasteiger partial charge in [0.25, 0.3) is 0 Å². The van der Waals surface area contributed by atoms with Gasteiger partial charge in [-0.1, -0.05) is 22.8 Å². The predicted octanol–water partition coefficient (Wildman–Crippen LogP) is 2.82. The van der Waals surface area contributed by atoms with Gasteiger partial charge in [-0.3, -0.25) is 0 Å². The third-order valence-electron chi connectivity index (χ3n) is 2.80. The Hall–Kier alpha value is -1.14. The van der Waals surface area contributed by atoms with E-state index in [2.05, 4.69) is 33.0 Å². The predicted molar refractivity (Wildman–Crippen MR) is 67.1 cm³/mol. The number of fused-ring (bicyclic) bond motifs is 2. The maximum atomic E-state index is 4.25. The Kier molecular flexibility index (Phi) is 2.33. The van der Waals surface area contributed by atoms with E-state index in [-0.39, 0.29) is 0 Å². The van der Waals surface area contributed by atoms with Gasteiger partial charge >= 0.3 is 0 Å². The Morgan fingerprint density at radius 1 is 0.812 bits per heavy atom. The fourth-order valence-electron chi connectivity index (χ4n) is 2.04. The van der Waals surface area contributed by atoms with Crippen molar-refractivity contribution in [3.8, 4) is 0 Å². The number of rotatable bonds is 2. The Labute approximate surface area is 101 Å². The molecular weight excluding hydrogens is 240 g/mol. The first-order valence-corrected chi connectivity index (χ1v) is 6.79. The highest BCUT2D eigenvalue weighted by atomic mass is 32.1. The van der Waals surface area contributed by atoms with E-state index >= 15 is 0 Å². The van der Waals surface area contributed by atoms with Crippen molar-refractivity contribution in [3.05, 3.63) is 11.1 Å². The average molecular weight is 250 g/mol. The molecule has 0 radical (unpaired) electrons. The molecule has 0 unspecified atom stereocenters. The van der Waals surface area contributed by atoms with Crippen LogP contribution in [0.1, 0.15) is 25.0 Å². The van der Waals surface area contributed by atoms with Gasteiger partial charge < -0.3 is 0 Å². The summed E-state index contributed by atoms with van der Waals surface area (Å²) < 4.78 is 10.5. The molecule has 0 aliphatic heterocycles. The molecule has 0 aliphatic carbocycles. The summed E-state index contributed by atoms with van der Waals surface area (Å²) in [6.07, 6.45) is 1.90. The summed E-state index contributed by atoms with van der Waals surface area (Å²) in [6.45, 7) is 4.28. The summed E-state index contributed by atoms with van der Waals surface area (Å²) in [5.74, 6) is 0. The van der Waals surface area contributed by atoms with E-state index in [0.717, 1.165) is 23.9 Å². The topological polar surface area (TPSA) is 51.6 Å². The summed E-state index contributed by atoms with van der Waals surface area (Å²) in [5, 5.41) is 8.49. The van der Waals surface area contributed by atoms with Crippen LogP contribution in [0, 0.1) is 0 Å². The molecule has 2 aromatic heterocycles. The summed E-state index contributed by atoms with van der Waals surface area (Å²) >= 11 is 2.92. The van der Waals surface area contributed by atoms with E-state index in [0.29, 0.717) is 0 Å². The molecule has 6 heteroatoms. The average Bonchev–Trinajstić information content (AvgIpc) is 2.93. The minimum atomic E-state index is 0.951. The van der Waals surface area contributed by atoms with Gasteiger partial charge in [0.2, 0.25) is 0 Å².